The largest absolute Gasteiger partial charge is 0.491 e. The summed E-state index contributed by atoms with van der Waals surface area (Å²) in [5, 5.41) is 2.94. The molecule has 8 heteroatoms. The van der Waals surface area contributed by atoms with Crippen molar-refractivity contribution in [1.82, 2.24) is 9.80 Å². The molecule has 1 unspecified atom stereocenters. The second-order valence-electron chi connectivity index (χ2n) is 8.61. The first kappa shape index (κ1) is 23.8. The van der Waals surface area contributed by atoms with Crippen molar-refractivity contribution in [2.45, 2.75) is 39.2 Å². The summed E-state index contributed by atoms with van der Waals surface area (Å²) < 4.78 is 15.9. The van der Waals surface area contributed by atoms with Gasteiger partial charge >= 0.3 is 12.1 Å². The number of ether oxygens (including phenoxy) is 3. The zero-order chi connectivity index (χ0) is 22.1. The monoisotopic (exact) mass is 421 g/mol. The van der Waals surface area contributed by atoms with Crippen molar-refractivity contribution in [2.24, 2.45) is 5.92 Å². The number of methoxy groups -OCH3 is 1. The molecule has 3 amide bonds. The van der Waals surface area contributed by atoms with E-state index in [1.807, 2.05) is 45.0 Å². The van der Waals surface area contributed by atoms with Crippen LogP contribution in [0.2, 0.25) is 0 Å². The Morgan fingerprint density at radius 1 is 1.20 bits per heavy atom. The number of likely N-dealkylation sites (tertiary alicyclic amines) is 1. The maximum atomic E-state index is 12.7. The van der Waals surface area contributed by atoms with Crippen molar-refractivity contribution in [3.05, 3.63) is 24.3 Å². The smallest absolute Gasteiger partial charge is 0.410 e. The lowest BCUT2D eigenvalue weighted by atomic mass is 9.98. The van der Waals surface area contributed by atoms with Crippen LogP contribution < -0.4 is 10.1 Å². The van der Waals surface area contributed by atoms with Crippen LogP contribution in [0.3, 0.4) is 0 Å². The average molecular weight is 422 g/mol. The number of anilines is 1. The maximum absolute atomic E-state index is 12.7. The number of piperidine rings is 1. The number of hydrogen-bond acceptors (Lipinski definition) is 5. The van der Waals surface area contributed by atoms with Gasteiger partial charge in [0.1, 0.15) is 18.0 Å². The standard InChI is InChI=1S/C22H35N3O5/c1-22(2,3)30-21(27)24(4)15-17-7-6-12-25(16-17)20(26)23-18-8-10-19(11-9-18)29-14-13-28-5/h8-11,17H,6-7,12-16H2,1-5H3,(H,23,26). The van der Waals surface area contributed by atoms with Crippen LogP contribution in [0.15, 0.2) is 24.3 Å². The molecule has 0 saturated carbocycles. The number of carbonyl (C=O) groups excluding carboxylic acids is 2. The van der Waals surface area contributed by atoms with E-state index < -0.39 is 5.60 Å². The van der Waals surface area contributed by atoms with Gasteiger partial charge < -0.3 is 29.3 Å². The number of nitrogens with one attached hydrogen (secondary N) is 1. The van der Waals surface area contributed by atoms with E-state index in [1.165, 1.54) is 0 Å². The molecular weight excluding hydrogens is 386 g/mol. The lowest BCUT2D eigenvalue weighted by Crippen LogP contribution is -2.46. The lowest BCUT2D eigenvalue weighted by Gasteiger charge is -2.35. The van der Waals surface area contributed by atoms with E-state index in [0.29, 0.717) is 38.5 Å². The third-order valence-electron chi connectivity index (χ3n) is 4.71. The van der Waals surface area contributed by atoms with E-state index in [9.17, 15) is 9.59 Å². The topological polar surface area (TPSA) is 80.3 Å². The number of benzene rings is 1. The number of rotatable bonds is 7. The van der Waals surface area contributed by atoms with E-state index >= 15 is 0 Å². The molecule has 2 rings (SSSR count). The Kier molecular flexibility index (Phi) is 8.77. The highest BCUT2D eigenvalue weighted by atomic mass is 16.6. The number of urea groups is 1. The molecule has 1 fully saturated rings. The Hall–Kier alpha value is -2.48. The molecule has 1 atom stereocenters. The zero-order valence-corrected chi connectivity index (χ0v) is 18.8. The Morgan fingerprint density at radius 3 is 2.53 bits per heavy atom. The van der Waals surface area contributed by atoms with Gasteiger partial charge in [0.25, 0.3) is 0 Å². The van der Waals surface area contributed by atoms with Crippen LogP contribution in [0, 0.1) is 5.92 Å². The maximum Gasteiger partial charge on any atom is 0.410 e. The molecule has 0 spiro atoms. The highest BCUT2D eigenvalue weighted by Crippen LogP contribution is 2.21. The summed E-state index contributed by atoms with van der Waals surface area (Å²) in [6, 6.07) is 7.14. The predicted molar refractivity (Wildman–Crippen MR) is 116 cm³/mol. The lowest BCUT2D eigenvalue weighted by molar-refractivity contribution is 0.0253. The fourth-order valence-corrected chi connectivity index (χ4v) is 3.28. The van der Waals surface area contributed by atoms with E-state index in [1.54, 1.807) is 24.0 Å². The Morgan fingerprint density at radius 2 is 1.90 bits per heavy atom. The summed E-state index contributed by atoms with van der Waals surface area (Å²) in [5.74, 6) is 0.951. The van der Waals surface area contributed by atoms with Crippen LogP contribution in [0.25, 0.3) is 0 Å². The molecule has 1 saturated heterocycles. The number of carbonyl (C=O) groups is 2. The zero-order valence-electron chi connectivity index (χ0n) is 18.8. The third-order valence-corrected chi connectivity index (χ3v) is 4.71. The van der Waals surface area contributed by atoms with Crippen molar-refractivity contribution < 1.29 is 23.8 Å². The normalized spacial score (nSPS) is 16.7. The number of amides is 3. The molecule has 1 aliphatic rings. The second kappa shape index (κ2) is 11.1. The van der Waals surface area contributed by atoms with Crippen LogP contribution >= 0.6 is 0 Å². The van der Waals surface area contributed by atoms with Crippen LogP contribution in [0.4, 0.5) is 15.3 Å². The molecule has 30 heavy (non-hydrogen) atoms. The van der Waals surface area contributed by atoms with E-state index in [2.05, 4.69) is 5.32 Å². The highest BCUT2D eigenvalue weighted by molar-refractivity contribution is 5.89. The highest BCUT2D eigenvalue weighted by Gasteiger charge is 2.27. The molecule has 8 nitrogen and oxygen atoms in total. The molecule has 1 aromatic carbocycles. The summed E-state index contributed by atoms with van der Waals surface area (Å²) in [5.41, 5.74) is 0.195. The molecule has 168 valence electrons. The minimum absolute atomic E-state index is 0.132. The van der Waals surface area contributed by atoms with Crippen LogP contribution in [0.1, 0.15) is 33.6 Å². The Labute approximate surface area is 179 Å². The van der Waals surface area contributed by atoms with Gasteiger partial charge in [-0.2, -0.15) is 0 Å². The van der Waals surface area contributed by atoms with Gasteiger partial charge in [-0.05, 0) is 63.8 Å². The van der Waals surface area contributed by atoms with Gasteiger partial charge in [-0.3, -0.25) is 0 Å². The molecule has 0 aliphatic carbocycles. The molecule has 1 aliphatic heterocycles. The van der Waals surface area contributed by atoms with E-state index in [-0.39, 0.29) is 18.0 Å². The first-order valence-corrected chi connectivity index (χ1v) is 10.4. The molecule has 0 radical (unpaired) electrons. The van der Waals surface area contributed by atoms with Gasteiger partial charge in [0.2, 0.25) is 0 Å². The molecule has 0 bridgehead atoms. The fraction of sp³-hybridized carbons (Fsp3) is 0.636. The minimum Gasteiger partial charge on any atom is -0.491 e. The Bertz CT molecular complexity index is 687. The first-order valence-electron chi connectivity index (χ1n) is 10.4. The van der Waals surface area contributed by atoms with Crippen LogP contribution in [-0.2, 0) is 9.47 Å². The fourth-order valence-electron chi connectivity index (χ4n) is 3.28. The summed E-state index contributed by atoms with van der Waals surface area (Å²) in [7, 11) is 3.37. The summed E-state index contributed by atoms with van der Waals surface area (Å²) >= 11 is 0. The van der Waals surface area contributed by atoms with E-state index in [4.69, 9.17) is 14.2 Å². The van der Waals surface area contributed by atoms with Gasteiger partial charge in [0.15, 0.2) is 0 Å². The van der Waals surface area contributed by atoms with Crippen LogP contribution in [0.5, 0.6) is 5.75 Å². The molecule has 1 N–H and O–H groups in total. The van der Waals surface area contributed by atoms with Gasteiger partial charge in [0, 0.05) is 39.5 Å². The van der Waals surface area contributed by atoms with Crippen molar-refractivity contribution in [1.29, 1.82) is 0 Å². The van der Waals surface area contributed by atoms with Crippen molar-refractivity contribution in [3.8, 4) is 5.75 Å². The van der Waals surface area contributed by atoms with Crippen molar-refractivity contribution >= 4 is 17.8 Å². The Balaban J connectivity index is 1.83. The van der Waals surface area contributed by atoms with Gasteiger partial charge in [-0.25, -0.2) is 9.59 Å². The number of hydrogen-bond donors (Lipinski definition) is 1. The van der Waals surface area contributed by atoms with Gasteiger partial charge in [-0.15, -0.1) is 0 Å². The second-order valence-corrected chi connectivity index (χ2v) is 8.61. The van der Waals surface area contributed by atoms with Gasteiger partial charge in [0.05, 0.1) is 6.61 Å². The minimum atomic E-state index is -0.520. The quantitative estimate of drug-likeness (QED) is 0.677. The third kappa shape index (κ3) is 8.10. The van der Waals surface area contributed by atoms with Crippen molar-refractivity contribution in [3.63, 3.8) is 0 Å². The molecule has 1 aromatic rings. The molecule has 0 aromatic heterocycles. The molecular formula is C22H35N3O5. The number of nitrogens with zero attached hydrogens (tertiary/aromatic N) is 2. The SMILES string of the molecule is COCCOc1ccc(NC(=O)N2CCCC(CN(C)C(=O)OC(C)(C)C)C2)cc1. The summed E-state index contributed by atoms with van der Waals surface area (Å²) in [4.78, 5) is 28.3. The van der Waals surface area contributed by atoms with Crippen LogP contribution in [-0.4, -0.2) is 74.5 Å². The first-order chi connectivity index (χ1) is 14.2. The molecule has 1 heterocycles. The van der Waals surface area contributed by atoms with E-state index in [0.717, 1.165) is 18.6 Å². The van der Waals surface area contributed by atoms with Crippen molar-refractivity contribution in [2.75, 3.05) is 52.3 Å². The summed E-state index contributed by atoms with van der Waals surface area (Å²) in [6.45, 7) is 8.43. The average Bonchev–Trinajstić information content (AvgIpc) is 2.68. The predicted octanol–water partition coefficient (Wildman–Crippen LogP) is 3.82. The van der Waals surface area contributed by atoms with Gasteiger partial charge in [-0.1, -0.05) is 0 Å². The summed E-state index contributed by atoms with van der Waals surface area (Å²) in [6.07, 6.45) is 1.55.